The molecule has 1 aromatic carbocycles. The molecule has 3 nitrogen and oxygen atoms in total. The molecule has 0 spiro atoms. The van der Waals surface area contributed by atoms with Gasteiger partial charge in [0, 0.05) is 18.7 Å². The number of ketones is 1. The van der Waals surface area contributed by atoms with Crippen LogP contribution in [0.5, 0.6) is 0 Å². The van der Waals surface area contributed by atoms with Gasteiger partial charge >= 0.3 is 0 Å². The fourth-order valence-electron chi connectivity index (χ4n) is 3.99. The molecule has 1 N–H and O–H groups in total. The van der Waals surface area contributed by atoms with Crippen molar-refractivity contribution >= 4 is 5.78 Å². The van der Waals surface area contributed by atoms with Crippen LogP contribution >= 0.6 is 0 Å². The second-order valence-electron chi connectivity index (χ2n) is 7.22. The minimum atomic E-state index is -1.23. The van der Waals surface area contributed by atoms with E-state index in [1.165, 1.54) is 5.56 Å². The summed E-state index contributed by atoms with van der Waals surface area (Å²) in [5.74, 6) is 0.227. The second kappa shape index (κ2) is 7.01. The van der Waals surface area contributed by atoms with Gasteiger partial charge in [-0.2, -0.15) is 0 Å². The molecule has 1 aliphatic heterocycles. The summed E-state index contributed by atoms with van der Waals surface area (Å²) >= 11 is 0. The van der Waals surface area contributed by atoms with Gasteiger partial charge in [0.1, 0.15) is 5.60 Å². The van der Waals surface area contributed by atoms with Gasteiger partial charge < -0.3 is 10.0 Å². The normalized spacial score (nSPS) is 25.0. The van der Waals surface area contributed by atoms with Crippen LogP contribution in [-0.2, 0) is 11.3 Å². The fourth-order valence-corrected chi connectivity index (χ4v) is 3.99. The first-order valence-corrected chi connectivity index (χ1v) is 9.15. The first-order chi connectivity index (χ1) is 12.0. The van der Waals surface area contributed by atoms with E-state index in [4.69, 9.17) is 0 Å². The predicted molar refractivity (Wildman–Crippen MR) is 101 cm³/mol. The lowest BCUT2D eigenvalue weighted by Crippen LogP contribution is -2.46. The van der Waals surface area contributed by atoms with Gasteiger partial charge in [0.2, 0.25) is 0 Å². The number of hydrogen-bond donors (Lipinski definition) is 1. The number of benzene rings is 1. The number of aliphatic hydroxyl groups is 1. The molecule has 1 unspecified atom stereocenters. The van der Waals surface area contributed by atoms with E-state index < -0.39 is 5.60 Å². The molecule has 132 valence electrons. The van der Waals surface area contributed by atoms with E-state index >= 15 is 0 Å². The third kappa shape index (κ3) is 3.09. The van der Waals surface area contributed by atoms with E-state index in [9.17, 15) is 9.90 Å². The second-order valence-corrected chi connectivity index (χ2v) is 7.22. The lowest BCUT2D eigenvalue weighted by atomic mass is 9.82. The Morgan fingerprint density at radius 1 is 1.24 bits per heavy atom. The highest BCUT2D eigenvalue weighted by atomic mass is 16.3. The zero-order chi connectivity index (χ0) is 18.0. The predicted octanol–water partition coefficient (Wildman–Crippen LogP) is 4.01. The van der Waals surface area contributed by atoms with E-state index in [2.05, 4.69) is 30.9 Å². The summed E-state index contributed by atoms with van der Waals surface area (Å²) in [5.41, 5.74) is 1.52. The molecule has 3 heteroatoms. The van der Waals surface area contributed by atoms with Crippen LogP contribution in [-0.4, -0.2) is 27.4 Å². The Morgan fingerprint density at radius 3 is 2.60 bits per heavy atom. The fraction of sp³-hybridized carbons (Fsp3) is 0.409. The third-order valence-corrected chi connectivity index (χ3v) is 5.01. The van der Waals surface area contributed by atoms with E-state index in [0.717, 1.165) is 12.1 Å². The minimum Gasteiger partial charge on any atom is -0.378 e. The zero-order valence-electron chi connectivity index (χ0n) is 15.3. The van der Waals surface area contributed by atoms with E-state index in [1.54, 1.807) is 6.08 Å². The number of carbonyl (C=O) groups is 1. The SMILES string of the molecule is CCCC(=O)C1=C(C(C)C)N(Cc2ccccc2)C2C=CC=C[C@]12O. The largest absolute Gasteiger partial charge is 0.378 e. The van der Waals surface area contributed by atoms with Crippen LogP contribution in [0.15, 0.2) is 65.9 Å². The van der Waals surface area contributed by atoms with Crippen molar-refractivity contribution in [2.75, 3.05) is 0 Å². The number of rotatable bonds is 6. The van der Waals surface area contributed by atoms with Crippen LogP contribution in [0.4, 0.5) is 0 Å². The Balaban J connectivity index is 2.10. The Hall–Kier alpha value is -2.13. The van der Waals surface area contributed by atoms with Gasteiger partial charge in [0.25, 0.3) is 0 Å². The zero-order valence-corrected chi connectivity index (χ0v) is 15.3. The Morgan fingerprint density at radius 2 is 1.96 bits per heavy atom. The molecule has 0 aromatic heterocycles. The molecule has 0 fully saturated rings. The summed E-state index contributed by atoms with van der Waals surface area (Å²) in [7, 11) is 0. The molecule has 0 saturated heterocycles. The lowest BCUT2D eigenvalue weighted by Gasteiger charge is -2.35. The monoisotopic (exact) mass is 337 g/mol. The van der Waals surface area contributed by atoms with Crippen LogP contribution < -0.4 is 0 Å². The molecule has 2 aliphatic rings. The highest BCUT2D eigenvalue weighted by Gasteiger charge is 2.52. The molecule has 0 radical (unpaired) electrons. The Kier molecular flexibility index (Phi) is 4.96. The smallest absolute Gasteiger partial charge is 0.163 e. The molecule has 3 rings (SSSR count). The molecular weight excluding hydrogens is 310 g/mol. The third-order valence-electron chi connectivity index (χ3n) is 5.01. The van der Waals surface area contributed by atoms with E-state index in [0.29, 0.717) is 18.5 Å². The maximum atomic E-state index is 12.9. The standard InChI is InChI=1S/C22H27NO2/c1-4-10-18(24)20-21(16(2)3)23(15-17-11-6-5-7-12-17)19-13-8-9-14-22(19,20)25/h5-9,11-14,16,19,25H,4,10,15H2,1-3H3/t19?,22-/m1/s1. The van der Waals surface area contributed by atoms with Gasteiger partial charge in [-0.05, 0) is 24.0 Å². The number of nitrogens with zero attached hydrogens (tertiary/aromatic N) is 1. The first-order valence-electron chi connectivity index (χ1n) is 9.15. The molecule has 2 atom stereocenters. The van der Waals surface area contributed by atoms with Gasteiger partial charge in [-0.15, -0.1) is 0 Å². The summed E-state index contributed by atoms with van der Waals surface area (Å²) in [6.07, 6.45) is 8.86. The number of carbonyl (C=O) groups excluding carboxylic acids is 1. The lowest BCUT2D eigenvalue weighted by molar-refractivity contribution is -0.117. The number of hydrogen-bond acceptors (Lipinski definition) is 3. The quantitative estimate of drug-likeness (QED) is 0.853. The van der Waals surface area contributed by atoms with Gasteiger partial charge in [0.05, 0.1) is 11.6 Å². The molecule has 1 heterocycles. The maximum Gasteiger partial charge on any atom is 0.163 e. The van der Waals surface area contributed by atoms with Crippen molar-refractivity contribution in [2.24, 2.45) is 5.92 Å². The Labute approximate surface area is 150 Å². The molecule has 25 heavy (non-hydrogen) atoms. The van der Waals surface area contributed by atoms with Gasteiger partial charge in [-0.1, -0.05) is 69.3 Å². The highest BCUT2D eigenvalue weighted by molar-refractivity contribution is 5.99. The number of fused-ring (bicyclic) bond motifs is 1. The van der Waals surface area contributed by atoms with Crippen molar-refractivity contribution < 1.29 is 9.90 Å². The summed E-state index contributed by atoms with van der Waals surface area (Å²) in [6, 6.07) is 10.00. The number of Topliss-reactive ketones (excluding diaryl/α,β-unsaturated/α-hetero) is 1. The van der Waals surface area contributed by atoms with Crippen molar-refractivity contribution in [1.29, 1.82) is 0 Å². The molecular formula is C22H27NO2. The molecule has 0 amide bonds. The van der Waals surface area contributed by atoms with Crippen LogP contribution in [0.3, 0.4) is 0 Å². The van der Waals surface area contributed by atoms with Crippen molar-refractivity contribution in [1.82, 2.24) is 4.90 Å². The van der Waals surface area contributed by atoms with Gasteiger partial charge in [0.15, 0.2) is 5.78 Å². The Bertz CT molecular complexity index is 730. The maximum absolute atomic E-state index is 12.9. The van der Waals surface area contributed by atoms with Crippen LogP contribution in [0.1, 0.15) is 39.2 Å². The summed E-state index contributed by atoms with van der Waals surface area (Å²) in [5, 5.41) is 11.5. The molecule has 1 aliphatic carbocycles. The molecule has 0 saturated carbocycles. The first kappa shape index (κ1) is 17.7. The average Bonchev–Trinajstić information content (AvgIpc) is 2.85. The van der Waals surface area contributed by atoms with Crippen molar-refractivity contribution in [2.45, 2.75) is 51.8 Å². The summed E-state index contributed by atoms with van der Waals surface area (Å²) in [4.78, 5) is 15.1. The van der Waals surface area contributed by atoms with Gasteiger partial charge in [-0.3, -0.25) is 4.79 Å². The van der Waals surface area contributed by atoms with Crippen molar-refractivity contribution in [3.8, 4) is 0 Å². The molecule has 0 bridgehead atoms. The van der Waals surface area contributed by atoms with E-state index in [1.807, 2.05) is 43.4 Å². The van der Waals surface area contributed by atoms with Crippen LogP contribution in [0.2, 0.25) is 0 Å². The van der Waals surface area contributed by atoms with Crippen LogP contribution in [0.25, 0.3) is 0 Å². The van der Waals surface area contributed by atoms with Crippen molar-refractivity contribution in [3.05, 3.63) is 71.5 Å². The summed E-state index contributed by atoms with van der Waals surface area (Å²) < 4.78 is 0. The number of allylic oxidation sites excluding steroid dienone is 3. The van der Waals surface area contributed by atoms with Crippen LogP contribution in [0, 0.1) is 5.92 Å². The van der Waals surface area contributed by atoms with E-state index in [-0.39, 0.29) is 17.7 Å². The van der Waals surface area contributed by atoms with Gasteiger partial charge in [-0.25, -0.2) is 0 Å². The summed E-state index contributed by atoms with van der Waals surface area (Å²) in [6.45, 7) is 6.88. The average molecular weight is 337 g/mol. The highest BCUT2D eigenvalue weighted by Crippen LogP contribution is 2.45. The molecule has 1 aromatic rings. The minimum absolute atomic E-state index is 0.0641. The topological polar surface area (TPSA) is 40.5 Å². The van der Waals surface area contributed by atoms with Crippen molar-refractivity contribution in [3.63, 3.8) is 0 Å².